The molecule has 0 spiro atoms. The van der Waals surface area contributed by atoms with Gasteiger partial charge in [0.15, 0.2) is 5.82 Å². The summed E-state index contributed by atoms with van der Waals surface area (Å²) in [6.45, 7) is 15.4. The van der Waals surface area contributed by atoms with Gasteiger partial charge in [-0.3, -0.25) is 9.58 Å². The van der Waals surface area contributed by atoms with Crippen LogP contribution in [0.3, 0.4) is 0 Å². The van der Waals surface area contributed by atoms with Gasteiger partial charge in [0.2, 0.25) is 0 Å². The van der Waals surface area contributed by atoms with Crippen molar-refractivity contribution in [3.8, 4) is 0 Å². The quantitative estimate of drug-likeness (QED) is 0.857. The molecule has 0 saturated carbocycles. The lowest BCUT2D eigenvalue weighted by molar-refractivity contribution is 0.242. The van der Waals surface area contributed by atoms with Gasteiger partial charge in [-0.25, -0.2) is 0 Å². The predicted molar refractivity (Wildman–Crippen MR) is 93.1 cm³/mol. The van der Waals surface area contributed by atoms with Crippen LogP contribution in [0.1, 0.15) is 51.9 Å². The van der Waals surface area contributed by atoms with Crippen LogP contribution in [0.15, 0.2) is 16.9 Å². The van der Waals surface area contributed by atoms with Crippen molar-refractivity contribution in [1.29, 1.82) is 0 Å². The van der Waals surface area contributed by atoms with Gasteiger partial charge in [-0.05, 0) is 20.8 Å². The molecular formula is C17H28N6O. The summed E-state index contributed by atoms with van der Waals surface area (Å²) >= 11 is 0. The van der Waals surface area contributed by atoms with E-state index in [-0.39, 0.29) is 5.54 Å². The minimum Gasteiger partial charge on any atom is -0.322 e. The van der Waals surface area contributed by atoms with Gasteiger partial charge >= 0.3 is 6.01 Å². The number of nitrogens with zero attached hydrogens (tertiary/aromatic N) is 6. The summed E-state index contributed by atoms with van der Waals surface area (Å²) in [4.78, 5) is 9.11. The van der Waals surface area contributed by atoms with Crippen molar-refractivity contribution in [1.82, 2.24) is 24.8 Å². The summed E-state index contributed by atoms with van der Waals surface area (Å²) in [7, 11) is 0. The highest BCUT2D eigenvalue weighted by Gasteiger charge is 2.23. The minimum atomic E-state index is 0.0308. The zero-order chi connectivity index (χ0) is 17.3. The summed E-state index contributed by atoms with van der Waals surface area (Å²) in [5, 5.41) is 8.53. The smallest absolute Gasteiger partial charge is 0.322 e. The molecule has 24 heavy (non-hydrogen) atoms. The molecule has 0 radical (unpaired) electrons. The van der Waals surface area contributed by atoms with Gasteiger partial charge in [-0.1, -0.05) is 19.0 Å². The van der Waals surface area contributed by atoms with E-state index < -0.39 is 0 Å². The van der Waals surface area contributed by atoms with Crippen LogP contribution in [0.25, 0.3) is 0 Å². The maximum absolute atomic E-state index is 5.39. The highest BCUT2D eigenvalue weighted by Crippen LogP contribution is 2.19. The van der Waals surface area contributed by atoms with Gasteiger partial charge in [-0.15, -0.1) is 0 Å². The number of rotatable bonds is 4. The molecule has 0 amide bonds. The third-order valence-electron chi connectivity index (χ3n) is 4.32. The Labute approximate surface area is 143 Å². The van der Waals surface area contributed by atoms with E-state index in [9.17, 15) is 0 Å². The van der Waals surface area contributed by atoms with Crippen molar-refractivity contribution in [3.05, 3.63) is 23.8 Å². The molecule has 1 aliphatic heterocycles. The summed E-state index contributed by atoms with van der Waals surface area (Å²) < 4.78 is 7.42. The Hall–Kier alpha value is -1.89. The van der Waals surface area contributed by atoms with E-state index in [1.54, 1.807) is 0 Å². The summed E-state index contributed by atoms with van der Waals surface area (Å²) in [5.41, 5.74) is 1.29. The molecule has 0 bridgehead atoms. The first-order valence-electron chi connectivity index (χ1n) is 8.68. The maximum atomic E-state index is 5.39. The minimum absolute atomic E-state index is 0.0308. The van der Waals surface area contributed by atoms with Crippen LogP contribution in [-0.2, 0) is 12.1 Å². The molecule has 3 rings (SSSR count). The van der Waals surface area contributed by atoms with Crippen LogP contribution >= 0.6 is 0 Å². The van der Waals surface area contributed by atoms with Gasteiger partial charge < -0.3 is 9.42 Å². The molecule has 2 aromatic heterocycles. The molecule has 7 heteroatoms. The lowest BCUT2D eigenvalue weighted by atomic mass is 10.1. The summed E-state index contributed by atoms with van der Waals surface area (Å²) in [6.07, 6.45) is 4.13. The van der Waals surface area contributed by atoms with Crippen LogP contribution in [0.5, 0.6) is 0 Å². The Balaban J connectivity index is 1.54. The number of anilines is 1. The lowest BCUT2D eigenvalue weighted by Gasteiger charge is -2.33. The molecule has 1 fully saturated rings. The van der Waals surface area contributed by atoms with Crippen LogP contribution in [0, 0.1) is 0 Å². The molecule has 0 unspecified atom stereocenters. The SMILES string of the molecule is CC(C)c1noc(N2CCN(Cc3cnn(C(C)(C)C)c3)CC2)n1. The monoisotopic (exact) mass is 332 g/mol. The summed E-state index contributed by atoms with van der Waals surface area (Å²) in [5.74, 6) is 1.07. The van der Waals surface area contributed by atoms with E-state index in [0.717, 1.165) is 38.5 Å². The van der Waals surface area contributed by atoms with Gasteiger partial charge in [0, 0.05) is 50.4 Å². The number of piperazine rings is 1. The van der Waals surface area contributed by atoms with E-state index in [1.165, 1.54) is 5.56 Å². The molecule has 0 N–H and O–H groups in total. The second-order valence-corrected chi connectivity index (χ2v) is 7.82. The van der Waals surface area contributed by atoms with Crippen molar-refractivity contribution in [2.75, 3.05) is 31.1 Å². The van der Waals surface area contributed by atoms with Crippen LogP contribution in [-0.4, -0.2) is 51.0 Å². The molecule has 1 aliphatic rings. The van der Waals surface area contributed by atoms with E-state index in [1.807, 2.05) is 10.9 Å². The normalized spacial score (nSPS) is 17.0. The van der Waals surface area contributed by atoms with E-state index >= 15 is 0 Å². The molecule has 0 aliphatic carbocycles. The molecule has 0 atom stereocenters. The van der Waals surface area contributed by atoms with Gasteiger partial charge in [0.1, 0.15) is 0 Å². The molecule has 2 aromatic rings. The standard InChI is InChI=1S/C17H28N6O/c1-13(2)15-19-16(24-20-15)22-8-6-21(7-9-22)11-14-10-18-23(12-14)17(3,4)5/h10,12-13H,6-9,11H2,1-5H3. The fourth-order valence-electron chi connectivity index (χ4n) is 2.75. The van der Waals surface area contributed by atoms with Crippen molar-refractivity contribution in [3.63, 3.8) is 0 Å². The van der Waals surface area contributed by atoms with Crippen molar-refractivity contribution < 1.29 is 4.52 Å². The van der Waals surface area contributed by atoms with Crippen molar-refractivity contribution >= 4 is 6.01 Å². The lowest BCUT2D eigenvalue weighted by Crippen LogP contribution is -2.46. The molecule has 7 nitrogen and oxygen atoms in total. The predicted octanol–water partition coefficient (Wildman–Crippen LogP) is 2.47. The van der Waals surface area contributed by atoms with Gasteiger partial charge in [-0.2, -0.15) is 10.1 Å². The van der Waals surface area contributed by atoms with Crippen LogP contribution in [0.2, 0.25) is 0 Å². The number of hydrogen-bond donors (Lipinski definition) is 0. The fraction of sp³-hybridized carbons (Fsp3) is 0.706. The first-order valence-corrected chi connectivity index (χ1v) is 8.68. The van der Waals surface area contributed by atoms with Gasteiger partial charge in [0.05, 0.1) is 11.7 Å². The average Bonchev–Trinajstić information content (AvgIpc) is 3.16. The second-order valence-electron chi connectivity index (χ2n) is 7.82. The maximum Gasteiger partial charge on any atom is 0.324 e. The molecule has 3 heterocycles. The Kier molecular flexibility index (Phi) is 4.62. The van der Waals surface area contributed by atoms with E-state index in [0.29, 0.717) is 11.9 Å². The first-order chi connectivity index (χ1) is 11.3. The second kappa shape index (κ2) is 6.55. The summed E-state index contributed by atoms with van der Waals surface area (Å²) in [6, 6.07) is 0.652. The zero-order valence-electron chi connectivity index (χ0n) is 15.4. The molecule has 1 saturated heterocycles. The third kappa shape index (κ3) is 3.77. The Morgan fingerprint density at radius 2 is 1.88 bits per heavy atom. The fourth-order valence-corrected chi connectivity index (χ4v) is 2.75. The topological polar surface area (TPSA) is 63.2 Å². The first kappa shape index (κ1) is 17.0. The largest absolute Gasteiger partial charge is 0.324 e. The van der Waals surface area contributed by atoms with Crippen molar-refractivity contribution in [2.45, 2.75) is 52.6 Å². The van der Waals surface area contributed by atoms with Crippen LogP contribution < -0.4 is 4.90 Å². The van der Waals surface area contributed by atoms with E-state index in [2.05, 4.69) is 65.9 Å². The van der Waals surface area contributed by atoms with Crippen molar-refractivity contribution in [2.24, 2.45) is 0 Å². The van der Waals surface area contributed by atoms with E-state index in [4.69, 9.17) is 4.52 Å². The highest BCUT2D eigenvalue weighted by atomic mass is 16.5. The third-order valence-corrected chi connectivity index (χ3v) is 4.32. The zero-order valence-corrected chi connectivity index (χ0v) is 15.4. The highest BCUT2D eigenvalue weighted by molar-refractivity contribution is 5.26. The molecule has 132 valence electrons. The van der Waals surface area contributed by atoms with Gasteiger partial charge in [0.25, 0.3) is 0 Å². The van der Waals surface area contributed by atoms with Crippen LogP contribution in [0.4, 0.5) is 6.01 Å². The number of hydrogen-bond acceptors (Lipinski definition) is 6. The molecular weight excluding hydrogens is 304 g/mol. The average molecular weight is 332 g/mol. The Morgan fingerprint density at radius 1 is 1.17 bits per heavy atom. The Bertz CT molecular complexity index is 661. The molecule has 0 aromatic carbocycles. The number of aromatic nitrogens is 4. The Morgan fingerprint density at radius 3 is 2.42 bits per heavy atom.